The summed E-state index contributed by atoms with van der Waals surface area (Å²) in [5.41, 5.74) is 5.95. The molecule has 1 aliphatic rings. The van der Waals surface area contributed by atoms with Crippen molar-refractivity contribution in [2.45, 2.75) is 18.3 Å². The quantitative estimate of drug-likeness (QED) is 0.634. The number of pyridine rings is 1. The first-order chi connectivity index (χ1) is 12.0. The molecule has 0 atom stereocenters. The van der Waals surface area contributed by atoms with Crippen LogP contribution in [0.4, 0.5) is 10.1 Å². The van der Waals surface area contributed by atoms with E-state index < -0.39 is 17.1 Å². The van der Waals surface area contributed by atoms with Crippen LogP contribution in [0.3, 0.4) is 0 Å². The summed E-state index contributed by atoms with van der Waals surface area (Å²) < 4.78 is 14.0. The molecule has 128 valence electrons. The molecule has 1 amide bonds. The Morgan fingerprint density at radius 3 is 2.80 bits per heavy atom. The molecule has 1 aromatic carbocycles. The third kappa shape index (κ3) is 3.85. The van der Waals surface area contributed by atoms with E-state index in [1.807, 2.05) is 0 Å². The molecule has 0 aliphatic heterocycles. The van der Waals surface area contributed by atoms with E-state index in [-0.39, 0.29) is 5.84 Å². The second-order valence-electron chi connectivity index (χ2n) is 5.77. The number of nitrogens with zero attached hydrogens (tertiary/aromatic N) is 2. The van der Waals surface area contributed by atoms with Gasteiger partial charge in [0.1, 0.15) is 11.7 Å². The van der Waals surface area contributed by atoms with Crippen LogP contribution in [0.25, 0.3) is 0 Å². The van der Waals surface area contributed by atoms with Crippen LogP contribution in [0, 0.1) is 5.82 Å². The number of carbonyl (C=O) groups is 1. The van der Waals surface area contributed by atoms with Gasteiger partial charge < -0.3 is 11.1 Å². The van der Waals surface area contributed by atoms with Crippen molar-refractivity contribution in [3.63, 3.8) is 0 Å². The number of amidine groups is 1. The second kappa shape index (κ2) is 7.03. The van der Waals surface area contributed by atoms with E-state index in [1.54, 1.807) is 30.5 Å². The maximum atomic E-state index is 14.0. The maximum Gasteiger partial charge on any atom is 0.258 e. The van der Waals surface area contributed by atoms with Crippen LogP contribution in [-0.2, 0) is 10.2 Å². The summed E-state index contributed by atoms with van der Waals surface area (Å²) in [4.78, 5) is 20.3. The highest BCUT2D eigenvalue weighted by atomic mass is 35.5. The minimum atomic E-state index is -0.881. The first kappa shape index (κ1) is 17.1. The highest BCUT2D eigenvalue weighted by Gasteiger charge is 2.52. The van der Waals surface area contributed by atoms with Crippen LogP contribution in [0.2, 0.25) is 5.02 Å². The Balaban J connectivity index is 1.69. The molecule has 0 bridgehead atoms. The monoisotopic (exact) mass is 358 g/mol. The molecule has 0 radical (unpaired) electrons. The number of anilines is 1. The van der Waals surface area contributed by atoms with E-state index in [1.165, 1.54) is 24.5 Å². The number of aliphatic imine (C=N–C) groups is 1. The molecule has 0 saturated heterocycles. The van der Waals surface area contributed by atoms with Gasteiger partial charge in [-0.3, -0.25) is 9.78 Å². The molecule has 1 aromatic heterocycles. The number of benzene rings is 1. The number of amides is 1. The Bertz CT molecular complexity index is 862. The van der Waals surface area contributed by atoms with Crippen LogP contribution in [-0.4, -0.2) is 16.7 Å². The third-order valence-corrected chi connectivity index (χ3v) is 4.20. The summed E-state index contributed by atoms with van der Waals surface area (Å²) in [6.45, 7) is 0. The smallest absolute Gasteiger partial charge is 0.258 e. The van der Waals surface area contributed by atoms with Gasteiger partial charge in [0, 0.05) is 18.0 Å². The van der Waals surface area contributed by atoms with Gasteiger partial charge in [-0.15, -0.1) is 0 Å². The van der Waals surface area contributed by atoms with Crippen molar-refractivity contribution < 1.29 is 9.18 Å². The number of nitrogens with two attached hydrogens (primary N) is 1. The van der Waals surface area contributed by atoms with E-state index in [0.29, 0.717) is 29.1 Å². The van der Waals surface area contributed by atoms with Crippen molar-refractivity contribution in [3.05, 3.63) is 71.4 Å². The fourth-order valence-corrected chi connectivity index (χ4v) is 2.72. The minimum absolute atomic E-state index is 0.0371. The average Bonchev–Trinajstić information content (AvgIpc) is 3.37. The lowest BCUT2D eigenvalue weighted by Gasteiger charge is -2.12. The Kier molecular flexibility index (Phi) is 4.81. The number of hydrogen-bond donors (Lipinski definition) is 2. The molecule has 2 aromatic rings. The Morgan fingerprint density at radius 2 is 2.12 bits per heavy atom. The van der Waals surface area contributed by atoms with Crippen molar-refractivity contribution in [3.8, 4) is 0 Å². The number of halogens is 2. The van der Waals surface area contributed by atoms with E-state index in [0.717, 1.165) is 0 Å². The lowest BCUT2D eigenvalue weighted by Crippen LogP contribution is -2.23. The van der Waals surface area contributed by atoms with Crippen molar-refractivity contribution >= 4 is 29.0 Å². The predicted molar refractivity (Wildman–Crippen MR) is 96.0 cm³/mol. The SMILES string of the molecule is NC(/C=C\Nc1cncc(Cl)c1)=NC(=O)C1(c2ccccc2F)CC1. The van der Waals surface area contributed by atoms with Gasteiger partial charge in [0.15, 0.2) is 0 Å². The van der Waals surface area contributed by atoms with Crippen molar-refractivity contribution in [2.24, 2.45) is 10.7 Å². The van der Waals surface area contributed by atoms with Crippen molar-refractivity contribution in [1.29, 1.82) is 0 Å². The maximum absolute atomic E-state index is 14.0. The third-order valence-electron chi connectivity index (χ3n) is 3.99. The minimum Gasteiger partial charge on any atom is -0.384 e. The Hall–Kier alpha value is -2.73. The van der Waals surface area contributed by atoms with Crippen LogP contribution in [0.15, 0.2) is 60.0 Å². The topological polar surface area (TPSA) is 80.4 Å². The molecule has 5 nitrogen and oxygen atoms in total. The van der Waals surface area contributed by atoms with Gasteiger partial charge in [0.25, 0.3) is 5.91 Å². The first-order valence-corrected chi connectivity index (χ1v) is 8.06. The lowest BCUT2D eigenvalue weighted by molar-refractivity contribution is -0.120. The van der Waals surface area contributed by atoms with E-state index in [4.69, 9.17) is 17.3 Å². The van der Waals surface area contributed by atoms with E-state index in [2.05, 4.69) is 15.3 Å². The molecule has 1 saturated carbocycles. The van der Waals surface area contributed by atoms with Gasteiger partial charge in [-0.2, -0.15) is 4.99 Å². The predicted octanol–water partition coefficient (Wildman–Crippen LogP) is 3.42. The lowest BCUT2D eigenvalue weighted by atomic mass is 9.94. The molecular formula is C18H16ClFN4O. The molecule has 1 fully saturated rings. The second-order valence-corrected chi connectivity index (χ2v) is 6.21. The van der Waals surface area contributed by atoms with Gasteiger partial charge in [0.2, 0.25) is 0 Å². The molecule has 25 heavy (non-hydrogen) atoms. The summed E-state index contributed by atoms with van der Waals surface area (Å²) >= 11 is 5.83. The number of carbonyl (C=O) groups excluding carboxylic acids is 1. The summed E-state index contributed by atoms with van der Waals surface area (Å²) in [6, 6.07) is 7.96. The molecule has 1 aliphatic carbocycles. The summed E-state index contributed by atoms with van der Waals surface area (Å²) in [7, 11) is 0. The molecular weight excluding hydrogens is 343 g/mol. The zero-order chi connectivity index (χ0) is 17.9. The Morgan fingerprint density at radius 1 is 1.36 bits per heavy atom. The summed E-state index contributed by atoms with van der Waals surface area (Å²) in [5.74, 6) is -0.785. The number of nitrogens with one attached hydrogen (secondary N) is 1. The Labute approximate surface area is 149 Å². The highest BCUT2D eigenvalue weighted by Crippen LogP contribution is 2.50. The molecule has 0 spiro atoms. The fraction of sp³-hybridized carbons (Fsp3) is 0.167. The number of rotatable bonds is 5. The number of aromatic nitrogens is 1. The molecule has 7 heteroatoms. The zero-order valence-corrected chi connectivity index (χ0v) is 14.0. The van der Waals surface area contributed by atoms with Gasteiger partial charge >= 0.3 is 0 Å². The largest absolute Gasteiger partial charge is 0.384 e. The van der Waals surface area contributed by atoms with Gasteiger partial charge in [-0.25, -0.2) is 4.39 Å². The fourth-order valence-electron chi connectivity index (χ4n) is 2.55. The first-order valence-electron chi connectivity index (χ1n) is 7.68. The van der Waals surface area contributed by atoms with Gasteiger partial charge in [-0.05, 0) is 31.1 Å². The zero-order valence-electron chi connectivity index (χ0n) is 13.2. The molecule has 3 N–H and O–H groups in total. The van der Waals surface area contributed by atoms with Crippen LogP contribution in [0.5, 0.6) is 0 Å². The van der Waals surface area contributed by atoms with E-state index in [9.17, 15) is 9.18 Å². The molecule has 1 heterocycles. The van der Waals surface area contributed by atoms with E-state index >= 15 is 0 Å². The van der Waals surface area contributed by atoms with Crippen LogP contribution < -0.4 is 11.1 Å². The van der Waals surface area contributed by atoms with Crippen LogP contribution >= 0.6 is 11.6 Å². The van der Waals surface area contributed by atoms with Crippen LogP contribution in [0.1, 0.15) is 18.4 Å². The van der Waals surface area contributed by atoms with Gasteiger partial charge in [0.05, 0.1) is 22.3 Å². The standard InChI is InChI=1S/C18H16ClFN4O/c19-12-9-13(11-22-10-12)23-8-5-16(21)24-17(25)18(6-7-18)14-3-1-2-4-15(14)20/h1-5,8-11,23H,6-7H2,(H2,21,24,25)/b8-5-. The highest BCUT2D eigenvalue weighted by molar-refractivity contribution is 6.30. The molecule has 0 unspecified atom stereocenters. The van der Waals surface area contributed by atoms with Gasteiger partial charge in [-0.1, -0.05) is 29.8 Å². The normalized spacial score (nSPS) is 16.0. The summed E-state index contributed by atoms with van der Waals surface area (Å²) in [5, 5.41) is 3.42. The van der Waals surface area contributed by atoms with Crippen molar-refractivity contribution in [1.82, 2.24) is 4.98 Å². The molecule has 3 rings (SSSR count). The van der Waals surface area contributed by atoms with Crippen molar-refractivity contribution in [2.75, 3.05) is 5.32 Å². The summed E-state index contributed by atoms with van der Waals surface area (Å²) in [6.07, 6.45) is 7.23. The average molecular weight is 359 g/mol. The number of hydrogen-bond acceptors (Lipinski definition) is 3.